The second kappa shape index (κ2) is 14.1. The molecule has 2 aliphatic heterocycles. The van der Waals surface area contributed by atoms with Gasteiger partial charge in [-0.1, -0.05) is 42.0 Å². The van der Waals surface area contributed by atoms with Crippen LogP contribution in [0.25, 0.3) is 0 Å². The van der Waals surface area contributed by atoms with Gasteiger partial charge in [-0.05, 0) is 87.4 Å². The SMILES string of the molecule is Cc1ccc(B2OB(c3ccc(F)cc3CO)OB(c3ccc(F)cc3CO)O2)c(CO)c1.OB1OCc2cc(F)ccc21. The Balaban J connectivity index is 0.000000291. The number of aryl methyl sites for hydroxylation is 1. The van der Waals surface area contributed by atoms with Gasteiger partial charge in [-0.15, -0.1) is 0 Å². The quantitative estimate of drug-likeness (QED) is 0.233. The minimum Gasteiger partial charge on any atom is -0.445 e. The summed E-state index contributed by atoms with van der Waals surface area (Å²) in [7, 11) is -4.04. The monoisotopic (exact) mass is 604 g/mol. The molecule has 0 aromatic heterocycles. The van der Waals surface area contributed by atoms with E-state index in [2.05, 4.69) is 0 Å². The average Bonchev–Trinajstić information content (AvgIpc) is 3.39. The fourth-order valence-electron chi connectivity index (χ4n) is 5.06. The van der Waals surface area contributed by atoms with Crippen LogP contribution in [0.1, 0.15) is 27.8 Å². The molecule has 8 nitrogen and oxygen atoms in total. The van der Waals surface area contributed by atoms with Crippen LogP contribution in [0.5, 0.6) is 0 Å². The molecule has 0 unspecified atom stereocenters. The molecule has 6 rings (SSSR count). The molecule has 0 aliphatic carbocycles. The number of halogens is 3. The third-order valence-electron chi connectivity index (χ3n) is 7.29. The number of aliphatic hydroxyl groups is 3. The van der Waals surface area contributed by atoms with Crippen LogP contribution in [0, 0.1) is 24.4 Å². The third kappa shape index (κ3) is 7.12. The van der Waals surface area contributed by atoms with E-state index in [1.807, 2.05) is 13.0 Å². The molecule has 44 heavy (non-hydrogen) atoms. The molecule has 4 aromatic rings. The van der Waals surface area contributed by atoms with Crippen LogP contribution in [0.15, 0.2) is 72.8 Å². The smallest absolute Gasteiger partial charge is 0.445 e. The number of fused-ring (bicyclic) bond motifs is 1. The van der Waals surface area contributed by atoms with Gasteiger partial charge < -0.3 is 38.7 Å². The molecule has 0 amide bonds. The molecule has 4 aromatic carbocycles. The molecule has 2 aliphatic rings. The Morgan fingerprint density at radius 3 is 1.48 bits per heavy atom. The zero-order chi connectivity index (χ0) is 31.4. The molecule has 0 atom stereocenters. The maximum absolute atomic E-state index is 13.7. The summed E-state index contributed by atoms with van der Waals surface area (Å²) in [4.78, 5) is 0. The summed E-state index contributed by atoms with van der Waals surface area (Å²) in [5.41, 5.74) is 4.81. The first-order valence-corrected chi connectivity index (χ1v) is 13.7. The largest absolute Gasteiger partial charge is 0.491 e. The van der Waals surface area contributed by atoms with E-state index in [4.69, 9.17) is 23.4 Å². The lowest BCUT2D eigenvalue weighted by Gasteiger charge is -2.33. The molecule has 0 saturated carbocycles. The van der Waals surface area contributed by atoms with Crippen LogP contribution < -0.4 is 21.9 Å². The third-order valence-corrected chi connectivity index (χ3v) is 7.29. The maximum Gasteiger partial charge on any atom is 0.491 e. The van der Waals surface area contributed by atoms with Crippen molar-refractivity contribution in [2.45, 2.75) is 33.4 Å². The lowest BCUT2D eigenvalue weighted by atomic mass is 9.59. The van der Waals surface area contributed by atoms with Crippen LogP contribution in [0.2, 0.25) is 0 Å². The van der Waals surface area contributed by atoms with Gasteiger partial charge in [0.05, 0.1) is 26.4 Å². The average molecular weight is 604 g/mol. The molecule has 224 valence electrons. The van der Waals surface area contributed by atoms with Crippen molar-refractivity contribution in [3.63, 3.8) is 0 Å². The van der Waals surface area contributed by atoms with Gasteiger partial charge in [0.2, 0.25) is 0 Å². The Bertz CT molecular complexity index is 1480. The molecule has 15 heteroatoms. The van der Waals surface area contributed by atoms with Crippen molar-refractivity contribution in [1.29, 1.82) is 0 Å². The van der Waals surface area contributed by atoms with E-state index in [1.54, 1.807) is 18.2 Å². The van der Waals surface area contributed by atoms with E-state index in [0.29, 0.717) is 34.0 Å². The van der Waals surface area contributed by atoms with Gasteiger partial charge in [0.1, 0.15) is 17.5 Å². The Morgan fingerprint density at radius 2 is 1.00 bits per heavy atom. The van der Waals surface area contributed by atoms with Gasteiger partial charge in [0, 0.05) is 0 Å². The highest BCUT2D eigenvalue weighted by molar-refractivity contribution is 6.87. The van der Waals surface area contributed by atoms with Crippen molar-refractivity contribution in [3.8, 4) is 0 Å². The Morgan fingerprint density at radius 1 is 0.591 bits per heavy atom. The highest BCUT2D eigenvalue weighted by Gasteiger charge is 2.45. The molecule has 2 heterocycles. The summed E-state index contributed by atoms with van der Waals surface area (Å²) < 4.78 is 63.0. The molecule has 1 fully saturated rings. The standard InChI is InChI=1S/C22H21B3F2O6.C7H6BFO2/c1-14-2-5-20(15(8-14)11-28)23-31-24(21-6-3-18(26)9-16(21)12-29)33-25(32-23)22-7-4-19(27)10-17(22)13-30;9-6-1-2-7-5(3-6)4-11-8(7)10/h2-10,28-30H,11-13H2,1H3;1-3,10H,4H2. The van der Waals surface area contributed by atoms with Crippen LogP contribution in [-0.2, 0) is 44.8 Å². The molecular formula is C29H27B4F3O8. The molecule has 0 radical (unpaired) electrons. The first-order valence-electron chi connectivity index (χ1n) is 13.7. The zero-order valence-electron chi connectivity index (χ0n) is 23.6. The molecule has 0 bridgehead atoms. The number of hydrogen-bond acceptors (Lipinski definition) is 8. The van der Waals surface area contributed by atoms with Crippen molar-refractivity contribution in [3.05, 3.63) is 118 Å². The summed E-state index contributed by atoms with van der Waals surface area (Å²) in [6.07, 6.45) is 0. The van der Waals surface area contributed by atoms with Crippen LogP contribution in [-0.4, -0.2) is 48.8 Å². The van der Waals surface area contributed by atoms with Gasteiger partial charge in [-0.25, -0.2) is 13.2 Å². The molecule has 1 saturated heterocycles. The van der Waals surface area contributed by atoms with E-state index in [1.165, 1.54) is 48.5 Å². The van der Waals surface area contributed by atoms with E-state index >= 15 is 0 Å². The fourth-order valence-corrected chi connectivity index (χ4v) is 5.06. The Kier molecular flexibility index (Phi) is 10.3. The van der Waals surface area contributed by atoms with Crippen molar-refractivity contribution in [1.82, 2.24) is 0 Å². The number of benzene rings is 4. The summed E-state index contributed by atoms with van der Waals surface area (Å²) >= 11 is 0. The number of aliphatic hydroxyl groups excluding tert-OH is 3. The van der Waals surface area contributed by atoms with Gasteiger partial charge in [-0.2, -0.15) is 0 Å². The van der Waals surface area contributed by atoms with Crippen LogP contribution in [0.4, 0.5) is 13.2 Å². The van der Waals surface area contributed by atoms with Crippen molar-refractivity contribution < 1.29 is 51.9 Å². The highest BCUT2D eigenvalue weighted by Crippen LogP contribution is 2.16. The number of rotatable bonds is 6. The summed E-state index contributed by atoms with van der Waals surface area (Å²) in [6, 6.07) is 17.4. The van der Waals surface area contributed by atoms with Crippen LogP contribution in [0.3, 0.4) is 0 Å². The lowest BCUT2D eigenvalue weighted by molar-refractivity contribution is 0.275. The van der Waals surface area contributed by atoms with Gasteiger partial charge >= 0.3 is 28.5 Å². The maximum atomic E-state index is 13.7. The first kappa shape index (κ1) is 32.0. The minimum atomic E-state index is -1.08. The van der Waals surface area contributed by atoms with Crippen molar-refractivity contribution >= 4 is 50.3 Å². The van der Waals surface area contributed by atoms with E-state index in [9.17, 15) is 28.5 Å². The predicted octanol–water partition coefficient (Wildman–Crippen LogP) is 0.343. The first-order chi connectivity index (χ1) is 21.2. The topological polar surface area (TPSA) is 118 Å². The lowest BCUT2D eigenvalue weighted by Crippen LogP contribution is -2.62. The van der Waals surface area contributed by atoms with Gasteiger partial charge in [0.15, 0.2) is 0 Å². The normalized spacial score (nSPS) is 14.5. The van der Waals surface area contributed by atoms with Crippen molar-refractivity contribution in [2.75, 3.05) is 0 Å². The predicted molar refractivity (Wildman–Crippen MR) is 160 cm³/mol. The second-order valence-electron chi connectivity index (χ2n) is 10.3. The Labute approximate surface area is 253 Å². The van der Waals surface area contributed by atoms with E-state index in [0.717, 1.165) is 11.1 Å². The number of hydrogen-bond donors (Lipinski definition) is 4. The molecule has 4 N–H and O–H groups in total. The molecule has 0 spiro atoms. The summed E-state index contributed by atoms with van der Waals surface area (Å²) in [5.74, 6) is -1.34. The van der Waals surface area contributed by atoms with Gasteiger partial charge in [-0.3, -0.25) is 0 Å². The zero-order valence-corrected chi connectivity index (χ0v) is 23.6. The van der Waals surface area contributed by atoms with E-state index < -0.39 is 53.3 Å². The van der Waals surface area contributed by atoms with Crippen molar-refractivity contribution in [2.24, 2.45) is 0 Å². The van der Waals surface area contributed by atoms with Gasteiger partial charge in [0.25, 0.3) is 0 Å². The second-order valence-corrected chi connectivity index (χ2v) is 10.3. The van der Waals surface area contributed by atoms with Crippen LogP contribution >= 0.6 is 0 Å². The Hall–Kier alpha value is -3.39. The fraction of sp³-hybridized carbons (Fsp3) is 0.172. The minimum absolute atomic E-state index is 0.257. The molecular weight excluding hydrogens is 577 g/mol. The summed E-state index contributed by atoms with van der Waals surface area (Å²) in [5, 5.41) is 38.5. The highest BCUT2D eigenvalue weighted by atomic mass is 19.1. The van der Waals surface area contributed by atoms with E-state index in [-0.39, 0.29) is 23.6 Å². The summed E-state index contributed by atoms with van der Waals surface area (Å²) in [6.45, 7) is 1.04.